The minimum Gasteiger partial charge on any atom is -0.480 e. The molecule has 5 nitrogen and oxygen atoms in total. The van der Waals surface area contributed by atoms with Gasteiger partial charge in [-0.15, -0.1) is 0 Å². The van der Waals surface area contributed by atoms with Gasteiger partial charge in [0.25, 0.3) is 0 Å². The van der Waals surface area contributed by atoms with Crippen LogP contribution in [0.3, 0.4) is 0 Å². The summed E-state index contributed by atoms with van der Waals surface area (Å²) in [5.41, 5.74) is 0.935. The molecule has 2 rings (SSSR count). The maximum Gasteiger partial charge on any atom is 0.367 e. The number of rotatable bonds is 4. The van der Waals surface area contributed by atoms with Gasteiger partial charge in [0, 0.05) is 11.8 Å². The van der Waals surface area contributed by atoms with Crippen molar-refractivity contribution in [1.82, 2.24) is 5.32 Å². The minimum atomic E-state index is -0.874. The van der Waals surface area contributed by atoms with Crippen molar-refractivity contribution < 1.29 is 19.4 Å². The molecule has 0 amide bonds. The monoisotopic (exact) mass is 281 g/mol. The van der Waals surface area contributed by atoms with E-state index in [1.54, 1.807) is 0 Å². The molecule has 0 aromatic heterocycles. The van der Waals surface area contributed by atoms with Gasteiger partial charge in [0.05, 0.1) is 0 Å². The Morgan fingerprint density at radius 3 is 2.74 bits per heavy atom. The molecule has 1 fully saturated rings. The fourth-order valence-corrected chi connectivity index (χ4v) is 2.74. The van der Waals surface area contributed by atoms with Crippen molar-refractivity contribution in [2.45, 2.75) is 24.3 Å². The van der Waals surface area contributed by atoms with Crippen LogP contribution in [0.5, 0.6) is 0 Å². The highest BCUT2D eigenvalue weighted by Crippen LogP contribution is 2.23. The van der Waals surface area contributed by atoms with Crippen LogP contribution in [-0.2, 0) is 16.1 Å². The molecule has 2 N–H and O–H groups in total. The van der Waals surface area contributed by atoms with E-state index in [0.717, 1.165) is 17.3 Å². The fraction of sp³-hybridized carbons (Fsp3) is 0.385. The third-order valence-electron chi connectivity index (χ3n) is 2.85. The van der Waals surface area contributed by atoms with E-state index in [0.29, 0.717) is 13.0 Å². The van der Waals surface area contributed by atoms with E-state index < -0.39 is 12.0 Å². The van der Waals surface area contributed by atoms with Gasteiger partial charge in [-0.25, -0.2) is 4.79 Å². The summed E-state index contributed by atoms with van der Waals surface area (Å²) >= 11 is 1.06. The first-order valence-electron chi connectivity index (χ1n) is 5.98. The standard InChI is InChI=1S/C13H15NO4S/c15-12(16)11-6-10(7-14-11)19-13(17)18-8-9-4-2-1-3-5-9/h1-5,10-11,14H,6-8H2,(H,15,16). The van der Waals surface area contributed by atoms with Gasteiger partial charge < -0.3 is 15.2 Å². The van der Waals surface area contributed by atoms with Gasteiger partial charge in [0.15, 0.2) is 0 Å². The molecule has 0 spiro atoms. The molecule has 1 aromatic rings. The normalized spacial score (nSPS) is 22.1. The Morgan fingerprint density at radius 2 is 2.11 bits per heavy atom. The summed E-state index contributed by atoms with van der Waals surface area (Å²) in [4.78, 5) is 22.4. The molecule has 1 saturated heterocycles. The SMILES string of the molecule is O=C(OCc1ccccc1)SC1CNC(C(=O)O)C1. The number of hydrogen-bond acceptors (Lipinski definition) is 5. The van der Waals surface area contributed by atoms with Gasteiger partial charge in [-0.1, -0.05) is 30.3 Å². The van der Waals surface area contributed by atoms with Crippen molar-refractivity contribution in [3.05, 3.63) is 35.9 Å². The summed E-state index contributed by atoms with van der Waals surface area (Å²) < 4.78 is 5.13. The lowest BCUT2D eigenvalue weighted by Crippen LogP contribution is -2.29. The number of aliphatic carboxylic acids is 1. The predicted octanol–water partition coefficient (Wildman–Crippen LogP) is 1.87. The first kappa shape index (κ1) is 13.9. The molecule has 2 atom stereocenters. The number of carbonyl (C=O) groups excluding carboxylic acids is 1. The maximum atomic E-state index is 11.6. The Labute approximate surface area is 115 Å². The highest BCUT2D eigenvalue weighted by atomic mass is 32.2. The number of carbonyl (C=O) groups is 2. The Balaban J connectivity index is 1.72. The number of carboxylic acids is 1. The smallest absolute Gasteiger partial charge is 0.367 e. The number of ether oxygens (including phenoxy) is 1. The molecule has 1 aliphatic rings. The second-order valence-corrected chi connectivity index (χ2v) is 5.53. The lowest BCUT2D eigenvalue weighted by molar-refractivity contribution is -0.139. The number of benzene rings is 1. The quantitative estimate of drug-likeness (QED) is 0.821. The molecule has 6 heteroatoms. The van der Waals surface area contributed by atoms with Gasteiger partial charge >= 0.3 is 11.3 Å². The van der Waals surface area contributed by atoms with Crippen molar-refractivity contribution in [3.63, 3.8) is 0 Å². The molecule has 19 heavy (non-hydrogen) atoms. The number of nitrogens with one attached hydrogen (secondary N) is 1. The lowest BCUT2D eigenvalue weighted by Gasteiger charge is -2.08. The first-order valence-corrected chi connectivity index (χ1v) is 6.86. The van der Waals surface area contributed by atoms with Crippen LogP contribution in [0.4, 0.5) is 4.79 Å². The molecule has 0 aliphatic carbocycles. The van der Waals surface area contributed by atoms with Crippen LogP contribution in [0.25, 0.3) is 0 Å². The summed E-state index contributed by atoms with van der Waals surface area (Å²) in [7, 11) is 0. The van der Waals surface area contributed by atoms with E-state index in [1.807, 2.05) is 30.3 Å². The van der Waals surface area contributed by atoms with Crippen LogP contribution in [-0.4, -0.2) is 34.2 Å². The Bertz CT molecular complexity index is 451. The Kier molecular flexibility index (Phi) is 4.81. The average molecular weight is 281 g/mol. The van der Waals surface area contributed by atoms with Crippen LogP contribution in [0.15, 0.2) is 30.3 Å². The van der Waals surface area contributed by atoms with Gasteiger partial charge in [0.2, 0.25) is 0 Å². The van der Waals surface area contributed by atoms with Crippen molar-refractivity contribution in [1.29, 1.82) is 0 Å². The van der Waals surface area contributed by atoms with Crippen LogP contribution in [0, 0.1) is 0 Å². The molecule has 0 radical (unpaired) electrons. The van der Waals surface area contributed by atoms with Crippen molar-refractivity contribution in [2.24, 2.45) is 0 Å². The fourth-order valence-electron chi connectivity index (χ4n) is 1.87. The van der Waals surface area contributed by atoms with E-state index in [2.05, 4.69) is 5.32 Å². The number of carboxylic acid groups (broad SMARTS) is 1. The molecule has 1 heterocycles. The topological polar surface area (TPSA) is 75.6 Å². The minimum absolute atomic E-state index is 0.0376. The molecule has 1 aliphatic heterocycles. The predicted molar refractivity (Wildman–Crippen MR) is 72.0 cm³/mol. The second kappa shape index (κ2) is 6.58. The molecule has 2 unspecified atom stereocenters. The highest BCUT2D eigenvalue weighted by molar-refractivity contribution is 8.13. The third kappa shape index (κ3) is 4.25. The molecule has 1 aromatic carbocycles. The highest BCUT2D eigenvalue weighted by Gasteiger charge is 2.31. The average Bonchev–Trinajstić information content (AvgIpc) is 2.86. The summed E-state index contributed by atoms with van der Waals surface area (Å²) in [5.74, 6) is -0.874. The van der Waals surface area contributed by atoms with Crippen LogP contribution >= 0.6 is 11.8 Å². The molecule has 0 bridgehead atoms. The van der Waals surface area contributed by atoms with E-state index in [1.165, 1.54) is 0 Å². The van der Waals surface area contributed by atoms with Gasteiger partial charge in [0.1, 0.15) is 12.6 Å². The van der Waals surface area contributed by atoms with E-state index >= 15 is 0 Å². The zero-order valence-corrected chi connectivity index (χ0v) is 11.1. The van der Waals surface area contributed by atoms with E-state index in [4.69, 9.17) is 9.84 Å². The summed E-state index contributed by atoms with van der Waals surface area (Å²) in [5, 5.41) is 11.3. The largest absolute Gasteiger partial charge is 0.480 e. The molecular formula is C13H15NO4S. The second-order valence-electron chi connectivity index (χ2n) is 4.30. The zero-order valence-electron chi connectivity index (χ0n) is 10.2. The van der Waals surface area contributed by atoms with Crippen LogP contribution < -0.4 is 5.32 Å². The summed E-state index contributed by atoms with van der Waals surface area (Å²) in [6.45, 7) is 0.761. The van der Waals surface area contributed by atoms with Crippen molar-refractivity contribution in [2.75, 3.05) is 6.54 Å². The Morgan fingerprint density at radius 1 is 1.37 bits per heavy atom. The third-order valence-corrected chi connectivity index (χ3v) is 3.85. The van der Waals surface area contributed by atoms with Gasteiger partial charge in [-0.05, 0) is 23.7 Å². The maximum absolute atomic E-state index is 11.6. The first-order chi connectivity index (χ1) is 9.15. The summed E-state index contributed by atoms with van der Waals surface area (Å²) in [6, 6.07) is 8.88. The zero-order chi connectivity index (χ0) is 13.7. The van der Waals surface area contributed by atoms with E-state index in [-0.39, 0.29) is 17.2 Å². The number of thioether (sulfide) groups is 1. The van der Waals surface area contributed by atoms with Crippen LogP contribution in [0.2, 0.25) is 0 Å². The van der Waals surface area contributed by atoms with Crippen molar-refractivity contribution in [3.8, 4) is 0 Å². The molecule has 102 valence electrons. The Hall–Kier alpha value is -1.53. The summed E-state index contributed by atoms with van der Waals surface area (Å²) in [6.07, 6.45) is 0.445. The molecule has 0 saturated carbocycles. The van der Waals surface area contributed by atoms with E-state index in [9.17, 15) is 9.59 Å². The van der Waals surface area contributed by atoms with Crippen LogP contribution in [0.1, 0.15) is 12.0 Å². The van der Waals surface area contributed by atoms with Gasteiger partial charge in [-0.2, -0.15) is 0 Å². The van der Waals surface area contributed by atoms with Gasteiger partial charge in [-0.3, -0.25) is 4.79 Å². The molecular weight excluding hydrogens is 266 g/mol. The van der Waals surface area contributed by atoms with Crippen molar-refractivity contribution >= 4 is 23.0 Å². The lowest BCUT2D eigenvalue weighted by atomic mass is 10.2. The number of hydrogen-bond donors (Lipinski definition) is 2.